The number of fused-ring (bicyclic) bond motifs is 1. The van der Waals surface area contributed by atoms with Crippen LogP contribution in [0.3, 0.4) is 0 Å². The summed E-state index contributed by atoms with van der Waals surface area (Å²) in [7, 11) is 5.60. The molecule has 0 N–H and O–H groups in total. The average Bonchev–Trinajstić information content (AvgIpc) is 3.15. The van der Waals surface area contributed by atoms with Gasteiger partial charge in [0, 0.05) is 39.7 Å². The van der Waals surface area contributed by atoms with Crippen LogP contribution in [0.5, 0.6) is 0 Å². The van der Waals surface area contributed by atoms with Crippen LogP contribution in [-0.4, -0.2) is 64.5 Å². The third-order valence-corrected chi connectivity index (χ3v) is 5.41. The Balaban J connectivity index is 0. The lowest BCUT2D eigenvalue weighted by Crippen LogP contribution is -2.32. The largest absolute Gasteiger partial charge is 0.500 e. The molecule has 0 amide bonds. The van der Waals surface area contributed by atoms with E-state index in [2.05, 4.69) is 21.9 Å². The Morgan fingerprint density at radius 1 is 1.21 bits per heavy atom. The summed E-state index contributed by atoms with van der Waals surface area (Å²) in [4.78, 5) is 37.8. The summed E-state index contributed by atoms with van der Waals surface area (Å²) in [5, 5.41) is 0.935. The van der Waals surface area contributed by atoms with E-state index in [1.807, 2.05) is 39.1 Å². The van der Waals surface area contributed by atoms with Gasteiger partial charge in [-0.2, -0.15) is 13.2 Å². The molecule has 2 heterocycles. The Kier molecular flexibility index (Phi) is 19.3. The van der Waals surface area contributed by atoms with Gasteiger partial charge in [-0.3, -0.25) is 9.79 Å². The summed E-state index contributed by atoms with van der Waals surface area (Å²) in [5.74, 6) is 0.863. The molecule has 0 bridgehead atoms. The minimum Gasteiger partial charge on any atom is -0.500 e. The van der Waals surface area contributed by atoms with Crippen molar-refractivity contribution < 1.29 is 32.3 Å². The second-order valence-corrected chi connectivity index (χ2v) is 8.01. The monoisotopic (exact) mass is 505 g/mol. The van der Waals surface area contributed by atoms with Gasteiger partial charge in [-0.25, -0.2) is 4.99 Å². The minimum atomic E-state index is -4.00. The van der Waals surface area contributed by atoms with E-state index in [1.54, 1.807) is 13.3 Å². The van der Waals surface area contributed by atoms with Gasteiger partial charge < -0.3 is 19.2 Å². The van der Waals surface area contributed by atoms with Crippen LogP contribution in [0.25, 0.3) is 5.76 Å². The number of hydrogen-bond donors (Lipinski definition) is 0. The fraction of sp³-hybridized carbons (Fsp3) is 0.522. The van der Waals surface area contributed by atoms with Gasteiger partial charge in [0.2, 0.25) is 0 Å². The van der Waals surface area contributed by atoms with Gasteiger partial charge in [0.1, 0.15) is 24.0 Å². The second-order valence-electron chi connectivity index (χ2n) is 6.94. The Bertz CT molecular complexity index is 856. The first-order chi connectivity index (χ1) is 16.2. The Morgan fingerprint density at radius 2 is 1.76 bits per heavy atom. The summed E-state index contributed by atoms with van der Waals surface area (Å²) in [6, 6.07) is 2.58. The predicted octanol–water partition coefficient (Wildman–Crippen LogP) is 3.96. The standard InChI is InChI=1S/C10H9NO2S.C9H18N2.C2H3F3.2CH2O/c1-13-9-3-2-4-11-10-8(9)5-7(6-12)14-10;1-10-8-11(2)9-6-4-3-5-7-9;1-2(3,4)5;2*1-2/h2,4-6H,3H2,1H3;8-9H,3-7H2,1-2H3;1H3;2*1H2. The number of carbonyl (C=O) groups excluding carboxylic acids is 3. The third kappa shape index (κ3) is 15.1. The maximum absolute atomic E-state index is 10.6. The number of aldehydes is 1. The van der Waals surface area contributed by atoms with E-state index < -0.39 is 6.18 Å². The van der Waals surface area contributed by atoms with E-state index in [-0.39, 0.29) is 6.92 Å². The van der Waals surface area contributed by atoms with Crippen molar-refractivity contribution in [2.75, 3.05) is 21.2 Å². The number of halogens is 3. The Morgan fingerprint density at radius 3 is 2.24 bits per heavy atom. The van der Waals surface area contributed by atoms with Gasteiger partial charge in [-0.1, -0.05) is 25.3 Å². The van der Waals surface area contributed by atoms with Crippen molar-refractivity contribution in [1.29, 1.82) is 0 Å². The fourth-order valence-electron chi connectivity index (χ4n) is 3.10. The molecule has 0 aromatic carbocycles. The molecule has 34 heavy (non-hydrogen) atoms. The van der Waals surface area contributed by atoms with Crippen LogP contribution in [0.4, 0.5) is 13.2 Å². The van der Waals surface area contributed by atoms with Crippen LogP contribution < -0.4 is 9.89 Å². The normalized spacial score (nSPS) is 14.6. The summed E-state index contributed by atoms with van der Waals surface area (Å²) in [6.07, 6.45) is 10.1. The SMILES string of the molecule is C=O.C=O.CC(F)(F)F.CN=CN(C)C1CCCCC1.COC1=c2cc(C=O)sc2=NC=CC1. The van der Waals surface area contributed by atoms with Crippen LogP contribution in [0.1, 0.15) is 55.1 Å². The van der Waals surface area contributed by atoms with E-state index in [9.17, 15) is 18.0 Å². The molecular weight excluding hydrogens is 471 g/mol. The highest BCUT2D eigenvalue weighted by molar-refractivity contribution is 7.11. The number of nitrogens with zero attached hydrogens (tertiary/aromatic N) is 3. The summed E-state index contributed by atoms with van der Waals surface area (Å²) in [6.45, 7) is 4.19. The maximum atomic E-state index is 10.6. The lowest BCUT2D eigenvalue weighted by molar-refractivity contribution is -0.110. The second kappa shape index (κ2) is 19.6. The van der Waals surface area contributed by atoms with Gasteiger partial charge in [0.05, 0.1) is 23.5 Å². The third-order valence-electron chi connectivity index (χ3n) is 4.44. The lowest BCUT2D eigenvalue weighted by atomic mass is 9.95. The molecule has 1 aliphatic heterocycles. The van der Waals surface area contributed by atoms with Crippen molar-refractivity contribution in [1.82, 2.24) is 4.90 Å². The average molecular weight is 506 g/mol. The highest BCUT2D eigenvalue weighted by Gasteiger charge is 2.16. The molecule has 2 aliphatic rings. The molecule has 0 spiro atoms. The molecule has 0 atom stereocenters. The topological polar surface area (TPSA) is 88.4 Å². The number of alkyl halides is 3. The van der Waals surface area contributed by atoms with Crippen LogP contribution in [-0.2, 0) is 14.3 Å². The molecule has 7 nitrogen and oxygen atoms in total. The quantitative estimate of drug-likeness (QED) is 0.351. The molecule has 11 heteroatoms. The van der Waals surface area contributed by atoms with Gasteiger partial charge in [0.15, 0.2) is 6.29 Å². The van der Waals surface area contributed by atoms with Crippen LogP contribution in [0, 0.1) is 0 Å². The van der Waals surface area contributed by atoms with E-state index in [1.165, 1.54) is 43.4 Å². The number of rotatable bonds is 4. The highest BCUT2D eigenvalue weighted by Crippen LogP contribution is 2.20. The summed E-state index contributed by atoms with van der Waals surface area (Å²) >= 11 is 1.38. The number of aliphatic imine (C=N–C) groups is 1. The van der Waals surface area contributed by atoms with Crippen molar-refractivity contribution in [2.45, 2.75) is 57.7 Å². The molecular formula is C23H34F3N3O4S. The smallest absolute Gasteiger partial charge is 0.386 e. The van der Waals surface area contributed by atoms with E-state index in [4.69, 9.17) is 14.3 Å². The lowest BCUT2D eigenvalue weighted by Gasteiger charge is -2.29. The first kappa shape index (κ1) is 33.4. The number of carbonyl (C=O) groups is 3. The number of hydrogen-bond acceptors (Lipinski definition) is 7. The minimum absolute atomic E-state index is 0.188. The van der Waals surface area contributed by atoms with Gasteiger partial charge in [0.25, 0.3) is 0 Å². The van der Waals surface area contributed by atoms with Crippen LogP contribution >= 0.6 is 11.3 Å². The maximum Gasteiger partial charge on any atom is 0.386 e. The van der Waals surface area contributed by atoms with Crippen molar-refractivity contribution in [2.24, 2.45) is 9.98 Å². The molecule has 0 radical (unpaired) electrons. The van der Waals surface area contributed by atoms with E-state index in [0.29, 0.717) is 4.88 Å². The molecule has 192 valence electrons. The molecule has 1 fully saturated rings. The number of thiophene rings is 1. The molecule has 0 unspecified atom stereocenters. The molecule has 1 aromatic rings. The molecule has 3 rings (SSSR count). The number of ether oxygens (including phenoxy) is 1. The highest BCUT2D eigenvalue weighted by atomic mass is 32.1. The fourth-order valence-corrected chi connectivity index (χ4v) is 3.95. The van der Waals surface area contributed by atoms with Gasteiger partial charge in [-0.15, -0.1) is 11.3 Å². The van der Waals surface area contributed by atoms with Gasteiger partial charge in [-0.05, 0) is 18.9 Å². The first-order valence-corrected chi connectivity index (χ1v) is 11.1. The van der Waals surface area contributed by atoms with Gasteiger partial charge >= 0.3 is 6.18 Å². The van der Waals surface area contributed by atoms with Crippen molar-refractivity contribution in [3.63, 3.8) is 0 Å². The summed E-state index contributed by atoms with van der Waals surface area (Å²) < 4.78 is 37.2. The first-order valence-electron chi connectivity index (χ1n) is 10.3. The molecule has 1 aromatic heterocycles. The molecule has 1 saturated carbocycles. The Labute approximate surface area is 202 Å². The molecule has 1 aliphatic carbocycles. The van der Waals surface area contributed by atoms with Crippen molar-refractivity contribution >= 4 is 43.3 Å². The zero-order chi connectivity index (χ0) is 26.6. The predicted molar refractivity (Wildman–Crippen MR) is 130 cm³/mol. The summed E-state index contributed by atoms with van der Waals surface area (Å²) in [5.41, 5.74) is 0. The number of methoxy groups -OCH3 is 1. The van der Waals surface area contributed by atoms with Crippen molar-refractivity contribution in [3.8, 4) is 0 Å². The van der Waals surface area contributed by atoms with Crippen LogP contribution in [0.2, 0.25) is 0 Å². The molecule has 0 saturated heterocycles. The van der Waals surface area contributed by atoms with Crippen molar-refractivity contribution in [3.05, 3.63) is 33.1 Å². The van der Waals surface area contributed by atoms with E-state index in [0.717, 1.165) is 34.4 Å². The van der Waals surface area contributed by atoms with Crippen LogP contribution in [0.15, 0.2) is 28.3 Å². The Hall–Kier alpha value is -2.82. The van der Waals surface area contributed by atoms with E-state index >= 15 is 0 Å². The zero-order valence-corrected chi connectivity index (χ0v) is 21.0. The zero-order valence-electron chi connectivity index (χ0n) is 20.1.